The van der Waals surface area contributed by atoms with Crippen LogP contribution in [0.5, 0.6) is 0 Å². The monoisotopic (exact) mass is 370 g/mol. The van der Waals surface area contributed by atoms with E-state index in [1.165, 1.54) is 11.1 Å². The SMILES string of the molecule is O=C(NC1CCc2ccccc21)C1CC(=O)N(c2cccc3ccccc23)C1. The van der Waals surface area contributed by atoms with Gasteiger partial charge in [-0.05, 0) is 35.4 Å². The van der Waals surface area contributed by atoms with Gasteiger partial charge in [-0.25, -0.2) is 0 Å². The van der Waals surface area contributed by atoms with E-state index in [-0.39, 0.29) is 30.2 Å². The molecule has 4 nitrogen and oxygen atoms in total. The third-order valence-corrected chi connectivity index (χ3v) is 6.00. The molecular formula is C24H22N2O2. The largest absolute Gasteiger partial charge is 0.349 e. The molecule has 0 aromatic heterocycles. The lowest BCUT2D eigenvalue weighted by Crippen LogP contribution is -2.34. The number of aryl methyl sites for hydroxylation is 1. The number of amides is 2. The zero-order valence-electron chi connectivity index (χ0n) is 15.6. The molecule has 0 spiro atoms. The highest BCUT2D eigenvalue weighted by Gasteiger charge is 2.37. The van der Waals surface area contributed by atoms with E-state index >= 15 is 0 Å². The number of carbonyl (C=O) groups excluding carboxylic acids is 2. The fourth-order valence-corrected chi connectivity index (χ4v) is 4.56. The van der Waals surface area contributed by atoms with Crippen LogP contribution in [0.4, 0.5) is 5.69 Å². The van der Waals surface area contributed by atoms with Gasteiger partial charge in [0.1, 0.15) is 0 Å². The Hall–Kier alpha value is -3.14. The molecule has 4 heteroatoms. The van der Waals surface area contributed by atoms with Crippen molar-refractivity contribution in [2.75, 3.05) is 11.4 Å². The molecular weight excluding hydrogens is 348 g/mol. The van der Waals surface area contributed by atoms with Crippen molar-refractivity contribution in [1.82, 2.24) is 5.32 Å². The van der Waals surface area contributed by atoms with Crippen LogP contribution in [0, 0.1) is 5.92 Å². The fourth-order valence-electron chi connectivity index (χ4n) is 4.56. The van der Waals surface area contributed by atoms with Gasteiger partial charge in [-0.2, -0.15) is 0 Å². The van der Waals surface area contributed by atoms with Crippen molar-refractivity contribution in [2.24, 2.45) is 5.92 Å². The van der Waals surface area contributed by atoms with Crippen LogP contribution in [-0.4, -0.2) is 18.4 Å². The van der Waals surface area contributed by atoms with Gasteiger partial charge < -0.3 is 10.2 Å². The van der Waals surface area contributed by atoms with E-state index in [2.05, 4.69) is 17.4 Å². The summed E-state index contributed by atoms with van der Waals surface area (Å²) in [5.41, 5.74) is 3.42. The van der Waals surface area contributed by atoms with E-state index in [0.29, 0.717) is 6.54 Å². The van der Waals surface area contributed by atoms with Gasteiger partial charge in [-0.3, -0.25) is 9.59 Å². The number of hydrogen-bond donors (Lipinski definition) is 1. The maximum absolute atomic E-state index is 12.9. The Labute approximate surface area is 164 Å². The van der Waals surface area contributed by atoms with E-state index in [0.717, 1.165) is 29.3 Å². The number of fused-ring (bicyclic) bond motifs is 2. The first-order valence-corrected chi connectivity index (χ1v) is 9.87. The van der Waals surface area contributed by atoms with Crippen molar-refractivity contribution in [1.29, 1.82) is 0 Å². The molecule has 28 heavy (non-hydrogen) atoms. The lowest BCUT2D eigenvalue weighted by atomic mass is 10.0. The summed E-state index contributed by atoms with van der Waals surface area (Å²) in [6.45, 7) is 0.438. The number of nitrogens with one attached hydrogen (secondary N) is 1. The van der Waals surface area contributed by atoms with Crippen molar-refractivity contribution in [3.05, 3.63) is 77.9 Å². The van der Waals surface area contributed by atoms with E-state index in [1.54, 1.807) is 4.90 Å². The van der Waals surface area contributed by atoms with Crippen molar-refractivity contribution in [3.8, 4) is 0 Å². The van der Waals surface area contributed by atoms with Crippen LogP contribution in [0.1, 0.15) is 30.0 Å². The Morgan fingerprint density at radius 2 is 1.75 bits per heavy atom. The lowest BCUT2D eigenvalue weighted by molar-refractivity contribution is -0.127. The smallest absolute Gasteiger partial charge is 0.227 e. The average Bonchev–Trinajstić information content (AvgIpc) is 3.31. The Bertz CT molecular complexity index is 1070. The van der Waals surface area contributed by atoms with Gasteiger partial charge in [-0.1, -0.05) is 60.7 Å². The topological polar surface area (TPSA) is 49.4 Å². The molecule has 1 aliphatic carbocycles. The molecule has 140 valence electrons. The summed E-state index contributed by atoms with van der Waals surface area (Å²) < 4.78 is 0. The standard InChI is InChI=1S/C24H22N2O2/c27-23-14-18(24(28)25-21-13-12-17-7-1-3-9-19(17)21)15-26(23)22-11-5-8-16-6-2-4-10-20(16)22/h1-11,18,21H,12-15H2,(H,25,28). The first-order chi connectivity index (χ1) is 13.7. The average molecular weight is 370 g/mol. The molecule has 2 aliphatic rings. The molecule has 1 heterocycles. The number of rotatable bonds is 3. The molecule has 1 saturated heterocycles. The molecule has 2 unspecified atom stereocenters. The Morgan fingerprint density at radius 1 is 0.964 bits per heavy atom. The predicted molar refractivity (Wildman–Crippen MR) is 110 cm³/mol. The summed E-state index contributed by atoms with van der Waals surface area (Å²) in [6, 6.07) is 22.4. The minimum absolute atomic E-state index is 0.0159. The summed E-state index contributed by atoms with van der Waals surface area (Å²) in [5, 5.41) is 5.33. The molecule has 0 radical (unpaired) electrons. The zero-order chi connectivity index (χ0) is 19.1. The number of benzene rings is 3. The van der Waals surface area contributed by atoms with Gasteiger partial charge in [-0.15, -0.1) is 0 Å². The molecule has 2 amide bonds. The quantitative estimate of drug-likeness (QED) is 0.758. The number of anilines is 1. The van der Waals surface area contributed by atoms with Crippen LogP contribution in [-0.2, 0) is 16.0 Å². The van der Waals surface area contributed by atoms with Crippen LogP contribution in [0.15, 0.2) is 66.7 Å². The zero-order valence-corrected chi connectivity index (χ0v) is 15.6. The van der Waals surface area contributed by atoms with Crippen LogP contribution in [0.2, 0.25) is 0 Å². The minimum Gasteiger partial charge on any atom is -0.349 e. The van der Waals surface area contributed by atoms with Crippen LogP contribution in [0.3, 0.4) is 0 Å². The molecule has 1 aliphatic heterocycles. The molecule has 2 atom stereocenters. The first-order valence-electron chi connectivity index (χ1n) is 9.87. The van der Waals surface area contributed by atoms with Gasteiger partial charge in [0.15, 0.2) is 0 Å². The van der Waals surface area contributed by atoms with Crippen molar-refractivity contribution >= 4 is 28.3 Å². The lowest BCUT2D eigenvalue weighted by Gasteiger charge is -2.20. The molecule has 0 bridgehead atoms. The highest BCUT2D eigenvalue weighted by atomic mass is 16.2. The molecule has 3 aromatic rings. The van der Waals surface area contributed by atoms with Gasteiger partial charge in [0.2, 0.25) is 11.8 Å². The van der Waals surface area contributed by atoms with Gasteiger partial charge in [0, 0.05) is 18.4 Å². The van der Waals surface area contributed by atoms with E-state index < -0.39 is 0 Å². The van der Waals surface area contributed by atoms with Gasteiger partial charge in [0.25, 0.3) is 0 Å². The first kappa shape index (κ1) is 17.0. The number of carbonyl (C=O) groups is 2. The van der Waals surface area contributed by atoms with Crippen molar-refractivity contribution in [3.63, 3.8) is 0 Å². The van der Waals surface area contributed by atoms with Crippen molar-refractivity contribution in [2.45, 2.75) is 25.3 Å². The predicted octanol–water partition coefficient (Wildman–Crippen LogP) is 4.00. The molecule has 0 saturated carbocycles. The number of nitrogens with zero attached hydrogens (tertiary/aromatic N) is 1. The second-order valence-electron chi connectivity index (χ2n) is 7.70. The fraction of sp³-hybridized carbons (Fsp3) is 0.250. The van der Waals surface area contributed by atoms with E-state index in [4.69, 9.17) is 0 Å². The van der Waals surface area contributed by atoms with E-state index in [1.807, 2.05) is 54.6 Å². The van der Waals surface area contributed by atoms with Gasteiger partial charge in [0.05, 0.1) is 17.6 Å². The van der Waals surface area contributed by atoms with Gasteiger partial charge >= 0.3 is 0 Å². The molecule has 1 N–H and O–H groups in total. The van der Waals surface area contributed by atoms with Crippen LogP contribution < -0.4 is 10.2 Å². The molecule has 5 rings (SSSR count). The maximum Gasteiger partial charge on any atom is 0.227 e. The normalized spacial score (nSPS) is 21.1. The van der Waals surface area contributed by atoms with Crippen LogP contribution >= 0.6 is 0 Å². The van der Waals surface area contributed by atoms with Crippen molar-refractivity contribution < 1.29 is 9.59 Å². The molecule has 3 aromatic carbocycles. The highest BCUT2D eigenvalue weighted by Crippen LogP contribution is 2.34. The highest BCUT2D eigenvalue weighted by molar-refractivity contribution is 6.07. The summed E-state index contributed by atoms with van der Waals surface area (Å²) in [4.78, 5) is 27.4. The Balaban J connectivity index is 1.35. The third kappa shape index (κ3) is 2.85. The van der Waals surface area contributed by atoms with Crippen LogP contribution in [0.25, 0.3) is 10.8 Å². The van der Waals surface area contributed by atoms with E-state index in [9.17, 15) is 9.59 Å². The minimum atomic E-state index is -0.306. The molecule has 1 fully saturated rings. The summed E-state index contributed by atoms with van der Waals surface area (Å²) in [7, 11) is 0. The Morgan fingerprint density at radius 3 is 2.68 bits per heavy atom. The third-order valence-electron chi connectivity index (χ3n) is 6.00. The summed E-state index contributed by atoms with van der Waals surface area (Å²) in [5.74, 6) is -0.305. The second-order valence-corrected chi connectivity index (χ2v) is 7.70. The second kappa shape index (κ2) is 6.79. The Kier molecular flexibility index (Phi) is 4.12. The summed E-state index contributed by atoms with van der Waals surface area (Å²) >= 11 is 0. The number of hydrogen-bond acceptors (Lipinski definition) is 2. The maximum atomic E-state index is 12.9. The summed E-state index contributed by atoms with van der Waals surface area (Å²) in [6.07, 6.45) is 2.19.